The van der Waals surface area contributed by atoms with Crippen LogP contribution < -0.4 is 0 Å². The van der Waals surface area contributed by atoms with Crippen molar-refractivity contribution in [1.82, 2.24) is 0 Å². The molecular weight excluding hydrogens is 897 g/mol. The summed E-state index contributed by atoms with van der Waals surface area (Å²) in [7, 11) is 0. The average molecular weight is 981 g/mol. The van der Waals surface area contributed by atoms with Crippen LogP contribution in [0.15, 0.2) is 0 Å². The summed E-state index contributed by atoms with van der Waals surface area (Å²) >= 11 is 0. The molecule has 0 amide bonds. The van der Waals surface area contributed by atoms with Gasteiger partial charge in [-0.3, -0.25) is 0 Å². The number of aliphatic hydroxyl groups is 14. The lowest BCUT2D eigenvalue weighted by Crippen LogP contribution is -2.68. The second-order valence-electron chi connectivity index (χ2n) is 23.8. The predicted octanol–water partition coefficient (Wildman–Crippen LogP) is -1.86. The summed E-state index contributed by atoms with van der Waals surface area (Å²) in [5.41, 5.74) is -4.27. The van der Waals surface area contributed by atoms with Gasteiger partial charge in [-0.2, -0.15) is 0 Å². The molecule has 4 saturated carbocycles. The molecule has 396 valence electrons. The molecule has 20 nitrogen and oxygen atoms in total. The highest BCUT2D eigenvalue weighted by molar-refractivity contribution is 5.20. The van der Waals surface area contributed by atoms with E-state index >= 15 is 0 Å². The number of aliphatic hydroxyl groups excluding tert-OH is 13. The zero-order valence-corrected chi connectivity index (χ0v) is 40.9. The molecule has 7 rings (SSSR count). The smallest absolute Gasteiger partial charge is 0.187 e. The van der Waals surface area contributed by atoms with Crippen LogP contribution in [0.2, 0.25) is 0 Å². The van der Waals surface area contributed by atoms with E-state index in [9.17, 15) is 71.5 Å². The molecule has 0 aromatic carbocycles. The molecule has 0 aromatic heterocycles. The third kappa shape index (κ3) is 9.17. The maximum absolute atomic E-state index is 12.7. The maximum atomic E-state index is 12.7. The van der Waals surface area contributed by atoms with Gasteiger partial charge in [-0.25, -0.2) is 0 Å². The van der Waals surface area contributed by atoms with E-state index in [1.165, 1.54) is 13.8 Å². The molecule has 68 heavy (non-hydrogen) atoms. The standard InChI is InChI=1S/C48H84O20/c1-43(2)26-10-15-46(6)27(45(26,5)13-12-29(43)66-42-39(36(59)33(56)25(20-51)65-42)67-40-37(60)34(57)31(54)23(18-49)63-40)17-22(52)30-21(9-14-47(30,46)7)48(8,16-11-28(53)44(3,4)62)68-41-38(61)35(58)32(55)24(19-50)64-41/h21-42,49-62H,9-20H2,1-8H3. The monoisotopic (exact) mass is 981 g/mol. The molecule has 20 heteroatoms. The van der Waals surface area contributed by atoms with Crippen molar-refractivity contribution in [2.45, 2.75) is 235 Å². The topological polar surface area (TPSA) is 339 Å². The Balaban J connectivity index is 1.14. The van der Waals surface area contributed by atoms with E-state index in [-0.39, 0.29) is 47.3 Å². The molecule has 0 spiro atoms. The van der Waals surface area contributed by atoms with Crippen LogP contribution in [-0.4, -0.2) is 213 Å². The highest BCUT2D eigenvalue weighted by Crippen LogP contribution is 2.76. The van der Waals surface area contributed by atoms with E-state index < -0.39 is 152 Å². The molecule has 3 heterocycles. The summed E-state index contributed by atoms with van der Waals surface area (Å²) in [4.78, 5) is 0. The van der Waals surface area contributed by atoms with Gasteiger partial charge in [0.15, 0.2) is 18.9 Å². The number of fused-ring (bicyclic) bond motifs is 5. The Kier molecular flexibility index (Phi) is 16.0. The first kappa shape index (κ1) is 55.0. The molecule has 0 aromatic rings. The lowest BCUT2D eigenvalue weighted by atomic mass is 9.35. The molecule has 3 saturated heterocycles. The van der Waals surface area contributed by atoms with Crippen molar-refractivity contribution in [3.63, 3.8) is 0 Å². The van der Waals surface area contributed by atoms with Gasteiger partial charge in [0.1, 0.15) is 73.2 Å². The van der Waals surface area contributed by atoms with Crippen molar-refractivity contribution in [3.8, 4) is 0 Å². The second kappa shape index (κ2) is 19.8. The number of hydrogen-bond acceptors (Lipinski definition) is 20. The van der Waals surface area contributed by atoms with E-state index in [0.29, 0.717) is 25.7 Å². The fourth-order valence-electron chi connectivity index (χ4n) is 15.0. The Morgan fingerprint density at radius 3 is 1.66 bits per heavy atom. The molecule has 0 bridgehead atoms. The van der Waals surface area contributed by atoms with Gasteiger partial charge in [-0.15, -0.1) is 0 Å². The zero-order chi connectivity index (χ0) is 50.4. The molecule has 3 aliphatic heterocycles. The first-order valence-electron chi connectivity index (χ1n) is 24.9. The average Bonchev–Trinajstić information content (AvgIpc) is 3.67. The van der Waals surface area contributed by atoms with Gasteiger partial charge < -0.3 is 99.9 Å². The van der Waals surface area contributed by atoms with Gasteiger partial charge in [-0.1, -0.05) is 34.6 Å². The Morgan fingerprint density at radius 2 is 1.10 bits per heavy atom. The minimum Gasteiger partial charge on any atom is -0.394 e. The van der Waals surface area contributed by atoms with E-state index in [1.807, 2.05) is 6.92 Å². The van der Waals surface area contributed by atoms with Crippen LogP contribution in [0.3, 0.4) is 0 Å². The Labute approximate surface area is 399 Å². The first-order chi connectivity index (χ1) is 31.6. The highest BCUT2D eigenvalue weighted by Gasteiger charge is 2.72. The van der Waals surface area contributed by atoms with Crippen molar-refractivity contribution in [3.05, 3.63) is 0 Å². The quantitative estimate of drug-likeness (QED) is 0.0849. The predicted molar refractivity (Wildman–Crippen MR) is 236 cm³/mol. The van der Waals surface area contributed by atoms with Crippen molar-refractivity contribution < 1.29 is 99.9 Å². The van der Waals surface area contributed by atoms with Crippen LogP contribution in [-0.2, 0) is 28.4 Å². The van der Waals surface area contributed by atoms with E-state index in [2.05, 4.69) is 34.6 Å². The third-order valence-electron chi connectivity index (χ3n) is 19.3. The van der Waals surface area contributed by atoms with Crippen LogP contribution in [0.5, 0.6) is 0 Å². The molecule has 4 aliphatic carbocycles. The van der Waals surface area contributed by atoms with Crippen molar-refractivity contribution in [2.24, 2.45) is 45.3 Å². The molecule has 7 fully saturated rings. The van der Waals surface area contributed by atoms with E-state index in [1.54, 1.807) is 0 Å². The van der Waals surface area contributed by atoms with Crippen LogP contribution in [0, 0.1) is 45.3 Å². The van der Waals surface area contributed by atoms with Crippen LogP contribution >= 0.6 is 0 Å². The molecule has 14 N–H and O–H groups in total. The maximum Gasteiger partial charge on any atom is 0.187 e. The van der Waals surface area contributed by atoms with Crippen LogP contribution in [0.4, 0.5) is 0 Å². The van der Waals surface area contributed by atoms with Gasteiger partial charge in [0.25, 0.3) is 0 Å². The normalized spacial score (nSPS) is 52.1. The number of ether oxygens (including phenoxy) is 6. The fraction of sp³-hybridized carbons (Fsp3) is 1.00. The van der Waals surface area contributed by atoms with Gasteiger partial charge in [0, 0.05) is 0 Å². The Morgan fingerprint density at radius 1 is 0.588 bits per heavy atom. The van der Waals surface area contributed by atoms with Gasteiger partial charge >= 0.3 is 0 Å². The lowest BCUT2D eigenvalue weighted by molar-refractivity contribution is -0.378. The lowest BCUT2D eigenvalue weighted by Gasteiger charge is -2.71. The van der Waals surface area contributed by atoms with Crippen molar-refractivity contribution in [2.75, 3.05) is 19.8 Å². The SMILES string of the molecule is CC(C)(O)C(O)CCC(C)(OC1OC(CO)C(O)C(O)C1O)C1CCC2(C)C1C(O)CC1C3(C)CCC(OC4OC(CO)C(O)C(O)C4OC4OC(CO)C(O)C(O)C4O)C(C)(C)C3CCC12C. The Bertz CT molecular complexity index is 1700. The molecule has 0 radical (unpaired) electrons. The Hall–Kier alpha value is -0.800. The summed E-state index contributed by atoms with van der Waals surface area (Å²) in [6, 6.07) is 0. The van der Waals surface area contributed by atoms with Crippen molar-refractivity contribution >= 4 is 0 Å². The summed E-state index contributed by atoms with van der Waals surface area (Å²) in [5, 5.41) is 151. The molecule has 7 aliphatic rings. The van der Waals surface area contributed by atoms with Crippen molar-refractivity contribution in [1.29, 1.82) is 0 Å². The summed E-state index contributed by atoms with van der Waals surface area (Å²) < 4.78 is 37.0. The van der Waals surface area contributed by atoms with E-state index in [0.717, 1.165) is 19.3 Å². The molecule has 26 atom stereocenters. The zero-order valence-electron chi connectivity index (χ0n) is 40.9. The van der Waals surface area contributed by atoms with Gasteiger partial charge in [0.05, 0.1) is 49.3 Å². The first-order valence-corrected chi connectivity index (χ1v) is 24.9. The molecular formula is C48H84O20. The number of rotatable bonds is 14. The summed E-state index contributed by atoms with van der Waals surface area (Å²) in [6.07, 6.45) is -21.0. The minimum atomic E-state index is -1.81. The van der Waals surface area contributed by atoms with Crippen LogP contribution in [0.25, 0.3) is 0 Å². The summed E-state index contributed by atoms with van der Waals surface area (Å²) in [6.45, 7) is 14.0. The third-order valence-corrected chi connectivity index (χ3v) is 19.3. The van der Waals surface area contributed by atoms with Gasteiger partial charge in [0.2, 0.25) is 0 Å². The van der Waals surface area contributed by atoms with Crippen LogP contribution in [0.1, 0.15) is 113 Å². The fourth-order valence-corrected chi connectivity index (χ4v) is 15.0. The second-order valence-corrected chi connectivity index (χ2v) is 23.8. The largest absolute Gasteiger partial charge is 0.394 e. The summed E-state index contributed by atoms with van der Waals surface area (Å²) in [5.74, 6) is -0.603. The number of hydrogen-bond donors (Lipinski definition) is 14. The minimum absolute atomic E-state index is 0.0301. The van der Waals surface area contributed by atoms with Gasteiger partial charge in [-0.05, 0) is 124 Å². The molecule has 26 unspecified atom stereocenters. The van der Waals surface area contributed by atoms with E-state index in [4.69, 9.17) is 28.4 Å². The highest BCUT2D eigenvalue weighted by atomic mass is 16.8.